The van der Waals surface area contributed by atoms with Gasteiger partial charge in [-0.3, -0.25) is 0 Å². The van der Waals surface area contributed by atoms with Crippen LogP contribution in [0.5, 0.6) is 0 Å². The van der Waals surface area contributed by atoms with Gasteiger partial charge in [-0.15, -0.1) is 0 Å². The van der Waals surface area contributed by atoms with Crippen LogP contribution in [0.25, 0.3) is 109 Å². The highest BCUT2D eigenvalue weighted by atomic mass is 19.2. The first-order valence-electron chi connectivity index (χ1n) is 41.2. The average Bonchev–Trinajstić information content (AvgIpc) is 0.720. The Morgan fingerprint density at radius 3 is 0.629 bits per heavy atom. The Bertz CT molecular complexity index is 7100. The molecule has 4 nitrogen and oxygen atoms in total. The molecule has 20 aromatic rings. The van der Waals surface area contributed by atoms with Crippen molar-refractivity contribution in [1.82, 2.24) is 0 Å². The first kappa shape index (κ1) is 78.9. The molecule has 0 aliphatic heterocycles. The molecular weight excluding hydrogens is 1550 g/mol. The highest BCUT2D eigenvalue weighted by Gasteiger charge is 2.31. The molecule has 0 unspecified atom stereocenters. The molecule has 124 heavy (non-hydrogen) atoms. The van der Waals surface area contributed by atoms with Crippen LogP contribution in [0.1, 0.15) is 44.5 Å². The molecule has 0 atom stereocenters. The molecule has 12 heteroatoms. The molecule has 0 bridgehead atoms. The second kappa shape index (κ2) is 31.9. The standard InChI is InChI=1S/2C56H40F4N2/c1-33-23-34(2)26-39(25-33)45-29-49(59)53(31-47(45)57)61(41-11-7-5-8-12-41)51-21-17-37-16-20-44-52(22-18-38-15-19-43(51)55(37)56(38)44)62(42-13-9-6-10-14-42)54-32-48(58)46(30-50(54)60)40-27-35(3)24-36(4)28-40;1-33-15-17-39(27-35(33)3)45-29-49(59)53(31-47(45)57)61(41-11-7-5-8-12-41)51-25-21-37-20-24-44-52(26-22-38-19-23-43(51)55(37)56(38)44)62(42-13-9-6-10-14-42)54-32-48(58)46(30-50(54)60)40-18-16-34(2)36(4)28-40/h2*5-32H,1-4H3. The van der Waals surface area contributed by atoms with E-state index in [-0.39, 0.29) is 45.0 Å². The number of rotatable bonds is 16. The molecule has 0 N–H and O–H groups in total. The summed E-state index contributed by atoms with van der Waals surface area (Å²) in [7, 11) is 0. The highest BCUT2D eigenvalue weighted by molar-refractivity contribution is 6.30. The van der Waals surface area contributed by atoms with Crippen LogP contribution < -0.4 is 19.6 Å². The van der Waals surface area contributed by atoms with Gasteiger partial charge in [0.1, 0.15) is 46.5 Å². The maximum Gasteiger partial charge on any atom is 0.148 e. The lowest BCUT2D eigenvalue weighted by Crippen LogP contribution is -2.14. The fourth-order valence-corrected chi connectivity index (χ4v) is 18.1. The molecule has 0 spiro atoms. The number of anilines is 12. The second-order valence-electron chi connectivity index (χ2n) is 32.4. The van der Waals surface area contributed by atoms with Gasteiger partial charge in [-0.1, -0.05) is 241 Å². The molecule has 0 saturated heterocycles. The summed E-state index contributed by atoms with van der Waals surface area (Å²) in [6, 6.07) is 102. The smallest absolute Gasteiger partial charge is 0.148 e. The van der Waals surface area contributed by atoms with E-state index in [1.54, 1.807) is 19.6 Å². The largest absolute Gasteiger partial charge is 0.307 e. The van der Waals surface area contributed by atoms with Crippen LogP contribution in [-0.2, 0) is 0 Å². The Morgan fingerprint density at radius 2 is 0.395 bits per heavy atom. The zero-order valence-electron chi connectivity index (χ0n) is 69.1. The van der Waals surface area contributed by atoms with Crippen LogP contribution in [0.15, 0.2) is 340 Å². The van der Waals surface area contributed by atoms with Crippen molar-refractivity contribution < 1.29 is 35.1 Å². The summed E-state index contributed by atoms with van der Waals surface area (Å²) in [6.45, 7) is 15.6. The van der Waals surface area contributed by atoms with Crippen LogP contribution in [-0.4, -0.2) is 0 Å². The van der Waals surface area contributed by atoms with E-state index in [9.17, 15) is 0 Å². The molecule has 20 aromatic carbocycles. The molecule has 0 saturated carbocycles. The Balaban J connectivity index is 0.000000163. The minimum Gasteiger partial charge on any atom is -0.307 e. The van der Waals surface area contributed by atoms with Crippen molar-refractivity contribution in [3.8, 4) is 44.5 Å². The minimum absolute atomic E-state index is 0.0639. The van der Waals surface area contributed by atoms with Crippen LogP contribution in [0.4, 0.5) is 103 Å². The molecular formula is C112H80F8N4. The number of halogens is 8. The van der Waals surface area contributed by atoms with Gasteiger partial charge in [-0.2, -0.15) is 0 Å². The van der Waals surface area contributed by atoms with Crippen molar-refractivity contribution in [3.63, 3.8) is 0 Å². The van der Waals surface area contributed by atoms with Crippen molar-refractivity contribution >= 4 is 133 Å². The number of para-hydroxylation sites is 4. The normalized spacial score (nSPS) is 11.5. The minimum atomic E-state index is -0.576. The van der Waals surface area contributed by atoms with Crippen LogP contribution in [0.2, 0.25) is 0 Å². The number of hydrogen-bond donors (Lipinski definition) is 0. The van der Waals surface area contributed by atoms with Gasteiger partial charge in [0.25, 0.3) is 0 Å². The Labute approximate surface area is 714 Å². The van der Waals surface area contributed by atoms with Crippen molar-refractivity contribution in [2.75, 3.05) is 19.6 Å². The second-order valence-corrected chi connectivity index (χ2v) is 32.4. The molecule has 0 aliphatic carbocycles. The molecule has 0 radical (unpaired) electrons. The first-order valence-corrected chi connectivity index (χ1v) is 41.2. The van der Waals surface area contributed by atoms with E-state index in [1.807, 2.05) is 347 Å². The molecule has 604 valence electrons. The SMILES string of the molecule is Cc1cc(C)cc(-c2cc(F)c(N(c3ccccc3)c3ccc4ccc5c(N(c6ccccc6)c6cc(F)c(-c7cc(C)cc(C)c7)cc6F)ccc6ccc3c4c65)cc2F)c1.Cc1ccc(-c2cc(F)c(N(c3ccccc3)c3ccc4ccc5c(N(c6ccccc6)c6cc(F)c(-c7ccc(C)c(C)c7)cc6F)ccc6ccc3c4c65)cc2F)cc1C. The maximum absolute atomic E-state index is 16.7. The lowest BCUT2D eigenvalue weighted by molar-refractivity contribution is 0.604. The summed E-state index contributed by atoms with van der Waals surface area (Å²) >= 11 is 0. The lowest BCUT2D eigenvalue weighted by atomic mass is 9.91. The molecule has 0 aliphatic rings. The highest BCUT2D eigenvalue weighted by Crippen LogP contribution is 2.53. The van der Waals surface area contributed by atoms with Crippen LogP contribution >= 0.6 is 0 Å². The summed E-state index contributed by atoms with van der Waals surface area (Å²) in [6.07, 6.45) is 0. The molecule has 0 heterocycles. The van der Waals surface area contributed by atoms with Crippen molar-refractivity contribution in [3.05, 3.63) is 431 Å². The van der Waals surface area contributed by atoms with Gasteiger partial charge in [-0.25, -0.2) is 35.1 Å². The van der Waals surface area contributed by atoms with E-state index < -0.39 is 46.5 Å². The third kappa shape index (κ3) is 14.2. The third-order valence-corrected chi connectivity index (χ3v) is 24.1. The summed E-state index contributed by atoms with van der Waals surface area (Å²) in [5.74, 6) is -4.47. The number of aryl methyl sites for hydroxylation is 8. The maximum atomic E-state index is 16.7. The van der Waals surface area contributed by atoms with E-state index in [1.165, 1.54) is 48.5 Å². The predicted octanol–water partition coefficient (Wildman–Crippen LogP) is 33.3. The summed E-state index contributed by atoms with van der Waals surface area (Å²) in [5.41, 5.74) is 16.6. The van der Waals surface area contributed by atoms with Crippen molar-refractivity contribution in [2.45, 2.75) is 55.4 Å². The van der Waals surface area contributed by atoms with Gasteiger partial charge in [0.2, 0.25) is 0 Å². The Hall–Kier alpha value is -14.9. The Morgan fingerprint density at radius 1 is 0.169 bits per heavy atom. The average molecular weight is 1630 g/mol. The van der Waals surface area contributed by atoms with Crippen molar-refractivity contribution in [1.29, 1.82) is 0 Å². The quantitative estimate of drug-likeness (QED) is 0.0706. The van der Waals surface area contributed by atoms with E-state index in [0.717, 1.165) is 109 Å². The van der Waals surface area contributed by atoms with Gasteiger partial charge >= 0.3 is 0 Å². The van der Waals surface area contributed by atoms with Crippen LogP contribution in [0.3, 0.4) is 0 Å². The first-order chi connectivity index (χ1) is 60.1. The number of nitrogens with zero attached hydrogens (tertiary/aromatic N) is 4. The van der Waals surface area contributed by atoms with Crippen molar-refractivity contribution in [2.24, 2.45) is 0 Å². The van der Waals surface area contributed by atoms with Gasteiger partial charge in [0, 0.05) is 90.8 Å². The topological polar surface area (TPSA) is 13.0 Å². The zero-order chi connectivity index (χ0) is 85.6. The fraction of sp³-hybridized carbons (Fsp3) is 0.0714. The van der Waals surface area contributed by atoms with E-state index >= 15 is 35.1 Å². The molecule has 0 amide bonds. The van der Waals surface area contributed by atoms with E-state index in [2.05, 4.69) is 0 Å². The fourth-order valence-electron chi connectivity index (χ4n) is 18.1. The van der Waals surface area contributed by atoms with Gasteiger partial charge in [-0.05, 0) is 240 Å². The van der Waals surface area contributed by atoms with Gasteiger partial charge in [0.05, 0.1) is 45.5 Å². The summed E-state index contributed by atoms with van der Waals surface area (Å²) in [5, 5.41) is 10.6. The summed E-state index contributed by atoms with van der Waals surface area (Å²) in [4.78, 5) is 7.06. The Kier molecular flexibility index (Phi) is 20.3. The lowest BCUT2D eigenvalue weighted by Gasteiger charge is -2.30. The zero-order valence-corrected chi connectivity index (χ0v) is 69.1. The van der Waals surface area contributed by atoms with Gasteiger partial charge in [0.15, 0.2) is 0 Å². The molecule has 20 rings (SSSR count). The van der Waals surface area contributed by atoms with Gasteiger partial charge < -0.3 is 19.6 Å². The van der Waals surface area contributed by atoms with E-state index in [0.29, 0.717) is 67.8 Å². The number of benzene rings is 20. The third-order valence-electron chi connectivity index (χ3n) is 24.1. The molecule has 0 fully saturated rings. The predicted molar refractivity (Wildman–Crippen MR) is 498 cm³/mol. The number of hydrogen-bond acceptors (Lipinski definition) is 4. The summed E-state index contributed by atoms with van der Waals surface area (Å²) < 4.78 is 132. The molecule has 0 aromatic heterocycles. The monoisotopic (exact) mass is 1630 g/mol. The van der Waals surface area contributed by atoms with E-state index in [4.69, 9.17) is 0 Å². The van der Waals surface area contributed by atoms with Crippen LogP contribution in [0, 0.1) is 102 Å².